The molecule has 1 atom stereocenters. The van der Waals surface area contributed by atoms with Crippen LogP contribution in [0, 0.1) is 5.92 Å². The number of carbonyl (C=O) groups excluding carboxylic acids is 1. The van der Waals surface area contributed by atoms with Gasteiger partial charge in [-0.2, -0.15) is 0 Å². The number of methoxy groups -OCH3 is 1. The molecular weight excluding hydrogens is 422 g/mol. The van der Waals surface area contributed by atoms with Crippen molar-refractivity contribution in [1.82, 2.24) is 14.8 Å². The van der Waals surface area contributed by atoms with E-state index < -0.39 is 0 Å². The Bertz CT molecular complexity index is 972. The van der Waals surface area contributed by atoms with Crippen molar-refractivity contribution in [2.45, 2.75) is 32.0 Å². The van der Waals surface area contributed by atoms with Crippen LogP contribution in [0.2, 0.25) is 0 Å². The van der Waals surface area contributed by atoms with Crippen molar-refractivity contribution in [2.75, 3.05) is 46.6 Å². The summed E-state index contributed by atoms with van der Waals surface area (Å²) in [5.74, 6) is 0.617. The molecule has 0 spiro atoms. The average molecular weight is 456 g/mol. The molecular formula is C25H33N3O5. The topological polar surface area (TPSA) is 82.0 Å². The van der Waals surface area contributed by atoms with Crippen LogP contribution in [0.1, 0.15) is 30.2 Å². The molecule has 2 aliphatic heterocycles. The number of aromatic nitrogens is 1. The lowest BCUT2D eigenvalue weighted by atomic mass is 10.0. The molecule has 1 amide bonds. The minimum Gasteiger partial charge on any atom is -0.491 e. The number of rotatable bonds is 8. The van der Waals surface area contributed by atoms with E-state index in [1.54, 1.807) is 12.3 Å². The number of pyridine rings is 1. The van der Waals surface area contributed by atoms with Crippen molar-refractivity contribution >= 4 is 5.91 Å². The van der Waals surface area contributed by atoms with Crippen molar-refractivity contribution in [1.29, 1.82) is 0 Å². The van der Waals surface area contributed by atoms with Gasteiger partial charge in [0.1, 0.15) is 6.54 Å². The largest absolute Gasteiger partial charge is 0.491 e. The first-order chi connectivity index (χ1) is 16.1. The van der Waals surface area contributed by atoms with Gasteiger partial charge in [-0.1, -0.05) is 30.3 Å². The first-order valence-corrected chi connectivity index (χ1v) is 11.6. The first kappa shape index (κ1) is 23.5. The first-order valence-electron chi connectivity index (χ1n) is 11.6. The SMILES string of the molecule is COc1cn(CC(=O)NCC2CCOCC2)c(CN2CCOC(c3ccccc3)C2)cc1=O. The van der Waals surface area contributed by atoms with Crippen molar-refractivity contribution in [3.63, 3.8) is 0 Å². The second kappa shape index (κ2) is 11.4. The van der Waals surface area contributed by atoms with Gasteiger partial charge in [0.25, 0.3) is 0 Å². The van der Waals surface area contributed by atoms with E-state index in [1.807, 2.05) is 22.8 Å². The summed E-state index contributed by atoms with van der Waals surface area (Å²) in [5.41, 5.74) is 1.75. The molecule has 8 nitrogen and oxygen atoms in total. The number of morpholine rings is 1. The number of benzene rings is 1. The Morgan fingerprint density at radius 2 is 1.97 bits per heavy atom. The highest BCUT2D eigenvalue weighted by molar-refractivity contribution is 5.75. The molecule has 2 saturated heterocycles. The van der Waals surface area contributed by atoms with Gasteiger partial charge >= 0.3 is 0 Å². The van der Waals surface area contributed by atoms with Crippen LogP contribution in [0.4, 0.5) is 0 Å². The number of hydrogen-bond donors (Lipinski definition) is 1. The lowest BCUT2D eigenvalue weighted by Gasteiger charge is -2.33. The van der Waals surface area contributed by atoms with Gasteiger partial charge in [0, 0.05) is 51.2 Å². The molecule has 0 bridgehead atoms. The Labute approximate surface area is 194 Å². The van der Waals surface area contributed by atoms with Gasteiger partial charge in [-0.25, -0.2) is 0 Å². The molecule has 178 valence electrons. The maximum absolute atomic E-state index is 12.7. The van der Waals surface area contributed by atoms with Crippen LogP contribution in [0.5, 0.6) is 5.75 Å². The van der Waals surface area contributed by atoms with Gasteiger partial charge < -0.3 is 24.1 Å². The number of nitrogens with one attached hydrogen (secondary N) is 1. The third-order valence-electron chi connectivity index (χ3n) is 6.35. The molecule has 2 aliphatic rings. The molecule has 33 heavy (non-hydrogen) atoms. The van der Waals surface area contributed by atoms with Gasteiger partial charge in [0.05, 0.1) is 26.0 Å². The zero-order valence-electron chi connectivity index (χ0n) is 19.2. The Kier molecular flexibility index (Phi) is 8.15. The van der Waals surface area contributed by atoms with Gasteiger partial charge in [-0.3, -0.25) is 14.5 Å². The van der Waals surface area contributed by atoms with Gasteiger partial charge in [-0.05, 0) is 24.3 Å². The third-order valence-corrected chi connectivity index (χ3v) is 6.35. The number of amides is 1. The highest BCUT2D eigenvalue weighted by Crippen LogP contribution is 2.23. The lowest BCUT2D eigenvalue weighted by molar-refractivity contribution is -0.122. The van der Waals surface area contributed by atoms with E-state index in [4.69, 9.17) is 14.2 Å². The molecule has 0 saturated carbocycles. The summed E-state index contributed by atoms with van der Waals surface area (Å²) in [5, 5.41) is 3.04. The van der Waals surface area contributed by atoms with Crippen molar-refractivity contribution in [3.8, 4) is 5.75 Å². The molecule has 2 fully saturated rings. The summed E-state index contributed by atoms with van der Waals surface area (Å²) >= 11 is 0. The van der Waals surface area contributed by atoms with E-state index >= 15 is 0 Å². The monoisotopic (exact) mass is 455 g/mol. The summed E-state index contributed by atoms with van der Waals surface area (Å²) in [6, 6.07) is 11.7. The molecule has 1 N–H and O–H groups in total. The fraction of sp³-hybridized carbons (Fsp3) is 0.520. The van der Waals surface area contributed by atoms with Gasteiger partial charge in [0.15, 0.2) is 5.75 Å². The fourth-order valence-corrected chi connectivity index (χ4v) is 4.39. The molecule has 1 aromatic carbocycles. The molecule has 0 aliphatic carbocycles. The maximum Gasteiger partial charge on any atom is 0.239 e. The number of ether oxygens (including phenoxy) is 3. The zero-order chi connectivity index (χ0) is 23.0. The predicted octanol–water partition coefficient (Wildman–Crippen LogP) is 1.97. The van der Waals surface area contributed by atoms with Crippen LogP contribution in [0.25, 0.3) is 0 Å². The standard InChI is InChI=1S/C25H33N3O5/c1-31-24-17-28(18-25(30)26-14-19-7-10-32-11-8-19)21(13-22(24)29)15-27-9-12-33-23(16-27)20-5-3-2-4-6-20/h2-6,13,17,19,23H,7-12,14-16,18H2,1H3,(H,26,30). The molecule has 8 heteroatoms. The van der Waals surface area contributed by atoms with Crippen molar-refractivity contribution in [2.24, 2.45) is 5.92 Å². The molecule has 1 unspecified atom stereocenters. The highest BCUT2D eigenvalue weighted by Gasteiger charge is 2.23. The molecule has 0 radical (unpaired) electrons. The van der Waals surface area contributed by atoms with Crippen LogP contribution in [-0.2, 0) is 27.4 Å². The van der Waals surface area contributed by atoms with Gasteiger partial charge in [-0.15, -0.1) is 0 Å². The number of nitrogens with zero attached hydrogens (tertiary/aromatic N) is 2. The normalized spacial score (nSPS) is 19.8. The van der Waals surface area contributed by atoms with E-state index in [1.165, 1.54) is 7.11 Å². The van der Waals surface area contributed by atoms with Crippen LogP contribution in [0.3, 0.4) is 0 Å². The van der Waals surface area contributed by atoms with E-state index in [2.05, 4.69) is 22.3 Å². The van der Waals surface area contributed by atoms with E-state index in [9.17, 15) is 9.59 Å². The van der Waals surface area contributed by atoms with Crippen LogP contribution in [0.15, 0.2) is 47.4 Å². The molecule has 4 rings (SSSR count). The fourth-order valence-electron chi connectivity index (χ4n) is 4.39. The zero-order valence-corrected chi connectivity index (χ0v) is 19.2. The van der Waals surface area contributed by atoms with E-state index in [0.29, 0.717) is 25.6 Å². The smallest absolute Gasteiger partial charge is 0.239 e. The Hall–Kier alpha value is -2.68. The van der Waals surface area contributed by atoms with Gasteiger partial charge in [0.2, 0.25) is 11.3 Å². The summed E-state index contributed by atoms with van der Waals surface area (Å²) in [6.07, 6.45) is 3.57. The quantitative estimate of drug-likeness (QED) is 0.656. The molecule has 2 aromatic rings. The molecule has 3 heterocycles. The van der Waals surface area contributed by atoms with Crippen molar-refractivity contribution < 1.29 is 19.0 Å². The Morgan fingerprint density at radius 3 is 2.73 bits per heavy atom. The summed E-state index contributed by atoms with van der Waals surface area (Å²) in [4.78, 5) is 27.4. The summed E-state index contributed by atoms with van der Waals surface area (Å²) in [6.45, 7) is 4.96. The van der Waals surface area contributed by atoms with Crippen LogP contribution < -0.4 is 15.5 Å². The van der Waals surface area contributed by atoms with E-state index in [-0.39, 0.29) is 29.7 Å². The summed E-state index contributed by atoms with van der Waals surface area (Å²) in [7, 11) is 1.47. The van der Waals surface area contributed by atoms with Crippen molar-refractivity contribution in [3.05, 3.63) is 64.1 Å². The third kappa shape index (κ3) is 6.43. The Morgan fingerprint density at radius 1 is 1.18 bits per heavy atom. The van der Waals surface area contributed by atoms with E-state index in [0.717, 1.165) is 50.4 Å². The lowest BCUT2D eigenvalue weighted by Crippen LogP contribution is -2.39. The second-order valence-corrected chi connectivity index (χ2v) is 8.69. The highest BCUT2D eigenvalue weighted by atomic mass is 16.5. The second-order valence-electron chi connectivity index (χ2n) is 8.69. The number of hydrogen-bond acceptors (Lipinski definition) is 6. The minimum absolute atomic E-state index is 0.0128. The minimum atomic E-state index is -0.181. The average Bonchev–Trinajstić information content (AvgIpc) is 2.85. The Balaban J connectivity index is 1.43. The van der Waals surface area contributed by atoms with Crippen LogP contribution >= 0.6 is 0 Å². The molecule has 1 aromatic heterocycles. The maximum atomic E-state index is 12.7. The summed E-state index contributed by atoms with van der Waals surface area (Å²) < 4.78 is 18.4. The predicted molar refractivity (Wildman–Crippen MR) is 124 cm³/mol. The number of carbonyl (C=O) groups is 1. The van der Waals surface area contributed by atoms with Crippen LogP contribution in [-0.4, -0.2) is 61.9 Å².